The quantitative estimate of drug-likeness (QED) is 0.716. The topological polar surface area (TPSA) is 43.9 Å². The smallest absolute Gasteiger partial charge is 0.368 e. The molecule has 2 fully saturated rings. The molecule has 32 heavy (non-hydrogen) atoms. The van der Waals surface area contributed by atoms with Crippen LogP contribution >= 0.6 is 0 Å². The van der Waals surface area contributed by atoms with E-state index in [9.17, 15) is 22.8 Å². The van der Waals surface area contributed by atoms with Gasteiger partial charge >= 0.3 is 6.18 Å². The number of alkyl halides is 3. The molecule has 2 aromatic rings. The lowest BCUT2D eigenvalue weighted by Crippen LogP contribution is -2.50. The maximum Gasteiger partial charge on any atom is 0.416 e. The van der Waals surface area contributed by atoms with Crippen molar-refractivity contribution in [3.8, 4) is 0 Å². The summed E-state index contributed by atoms with van der Waals surface area (Å²) < 4.78 is 39.0. The highest BCUT2D eigenvalue weighted by molar-refractivity contribution is 6.00. The number of hydrogen-bond donors (Lipinski definition) is 0. The van der Waals surface area contributed by atoms with Gasteiger partial charge in [0, 0.05) is 50.5 Å². The Hall–Kier alpha value is -3.03. The molecule has 2 aliphatic heterocycles. The first-order valence-corrected chi connectivity index (χ1v) is 10.9. The van der Waals surface area contributed by atoms with Crippen molar-refractivity contribution in [2.45, 2.75) is 25.9 Å². The monoisotopic (exact) mass is 445 g/mol. The lowest BCUT2D eigenvalue weighted by molar-refractivity contribution is -0.137. The first-order chi connectivity index (χ1) is 15.3. The fraction of sp³-hybridized carbons (Fsp3) is 0.417. The Morgan fingerprint density at radius 1 is 1.00 bits per heavy atom. The van der Waals surface area contributed by atoms with E-state index >= 15 is 0 Å². The van der Waals surface area contributed by atoms with Crippen LogP contribution < -0.4 is 9.80 Å². The molecule has 2 saturated heterocycles. The van der Waals surface area contributed by atoms with Gasteiger partial charge in [0.25, 0.3) is 0 Å². The number of rotatable bonds is 4. The molecule has 2 aromatic carbocycles. The zero-order valence-corrected chi connectivity index (χ0v) is 17.9. The minimum atomic E-state index is -4.38. The van der Waals surface area contributed by atoms with Crippen molar-refractivity contribution >= 4 is 23.2 Å². The Kier molecular flexibility index (Phi) is 6.13. The van der Waals surface area contributed by atoms with Gasteiger partial charge < -0.3 is 14.7 Å². The Labute approximate surface area is 185 Å². The van der Waals surface area contributed by atoms with Gasteiger partial charge in [-0.2, -0.15) is 13.2 Å². The van der Waals surface area contributed by atoms with Crippen molar-refractivity contribution in [1.29, 1.82) is 0 Å². The highest BCUT2D eigenvalue weighted by atomic mass is 19.4. The van der Waals surface area contributed by atoms with E-state index in [0.29, 0.717) is 38.4 Å². The van der Waals surface area contributed by atoms with Gasteiger partial charge in [-0.25, -0.2) is 0 Å². The Bertz CT molecular complexity index is 983. The van der Waals surface area contributed by atoms with Crippen molar-refractivity contribution < 1.29 is 22.8 Å². The molecule has 0 aliphatic carbocycles. The van der Waals surface area contributed by atoms with Crippen LogP contribution in [0.4, 0.5) is 24.5 Å². The van der Waals surface area contributed by atoms with Gasteiger partial charge in [0.1, 0.15) is 0 Å². The third-order valence-corrected chi connectivity index (χ3v) is 6.26. The average Bonchev–Trinajstić information content (AvgIpc) is 3.20. The Morgan fingerprint density at radius 2 is 1.69 bits per heavy atom. The molecule has 0 spiro atoms. The van der Waals surface area contributed by atoms with Crippen molar-refractivity contribution in [2.24, 2.45) is 5.92 Å². The molecule has 2 aliphatic rings. The Balaban J connectivity index is 1.36. The fourth-order valence-electron chi connectivity index (χ4n) is 4.36. The molecule has 4 rings (SSSR count). The van der Waals surface area contributed by atoms with E-state index < -0.39 is 17.7 Å². The third kappa shape index (κ3) is 4.59. The van der Waals surface area contributed by atoms with Gasteiger partial charge in [0.05, 0.1) is 11.5 Å². The largest absolute Gasteiger partial charge is 0.416 e. The number of piperazine rings is 1. The second-order valence-electron chi connectivity index (χ2n) is 8.29. The van der Waals surface area contributed by atoms with Gasteiger partial charge in [0.2, 0.25) is 11.8 Å². The first kappa shape index (κ1) is 22.2. The van der Waals surface area contributed by atoms with E-state index in [1.54, 1.807) is 15.9 Å². The zero-order valence-electron chi connectivity index (χ0n) is 17.9. The summed E-state index contributed by atoms with van der Waals surface area (Å²) in [6, 6.07) is 13.1. The predicted octanol–water partition coefficient (Wildman–Crippen LogP) is 3.97. The van der Waals surface area contributed by atoms with Crippen LogP contribution in [0.3, 0.4) is 0 Å². The van der Waals surface area contributed by atoms with E-state index in [0.717, 1.165) is 24.2 Å². The molecule has 0 saturated carbocycles. The van der Waals surface area contributed by atoms with Crippen molar-refractivity contribution in [3.63, 3.8) is 0 Å². The molecule has 0 unspecified atom stereocenters. The third-order valence-electron chi connectivity index (χ3n) is 6.26. The standard InChI is InChI=1S/C24H26F3N3O2/c1-2-17-6-8-20(9-7-17)30-16-18(14-22(30)31)23(32)29-12-10-28(11-13-29)21-5-3-4-19(15-21)24(25,26)27/h3-9,15,18H,2,10-14,16H2,1H3/t18-/m0/s1. The van der Waals surface area contributed by atoms with Gasteiger partial charge in [-0.1, -0.05) is 25.1 Å². The second-order valence-corrected chi connectivity index (χ2v) is 8.29. The highest BCUT2D eigenvalue weighted by Crippen LogP contribution is 2.32. The summed E-state index contributed by atoms with van der Waals surface area (Å²) in [5.41, 5.74) is 1.82. The van der Waals surface area contributed by atoms with Gasteiger partial charge in [-0.3, -0.25) is 9.59 Å². The van der Waals surface area contributed by atoms with E-state index in [2.05, 4.69) is 6.92 Å². The van der Waals surface area contributed by atoms with Crippen molar-refractivity contribution in [3.05, 3.63) is 59.7 Å². The molecule has 8 heteroatoms. The number of carbonyl (C=O) groups excluding carboxylic acids is 2. The summed E-state index contributed by atoms with van der Waals surface area (Å²) in [4.78, 5) is 30.8. The summed E-state index contributed by atoms with van der Waals surface area (Å²) in [5, 5.41) is 0. The summed E-state index contributed by atoms with van der Waals surface area (Å²) in [6.07, 6.45) is -3.28. The Morgan fingerprint density at radius 3 is 2.31 bits per heavy atom. The molecule has 0 bridgehead atoms. The number of nitrogens with zero attached hydrogens (tertiary/aromatic N) is 3. The summed E-state index contributed by atoms with van der Waals surface area (Å²) in [5.74, 6) is -0.515. The number of hydrogen-bond acceptors (Lipinski definition) is 3. The molecule has 1 atom stereocenters. The van der Waals surface area contributed by atoms with Crippen LogP contribution in [0.15, 0.2) is 48.5 Å². The number of aryl methyl sites for hydroxylation is 1. The van der Waals surface area contributed by atoms with E-state index in [-0.39, 0.29) is 18.2 Å². The van der Waals surface area contributed by atoms with Crippen LogP contribution in [-0.4, -0.2) is 49.4 Å². The molecule has 2 amide bonds. The summed E-state index contributed by atoms with van der Waals surface area (Å²) in [6.45, 7) is 4.18. The van der Waals surface area contributed by atoms with Crippen LogP contribution in [-0.2, 0) is 22.2 Å². The van der Waals surface area contributed by atoms with Crippen molar-refractivity contribution in [2.75, 3.05) is 42.5 Å². The average molecular weight is 445 g/mol. The van der Waals surface area contributed by atoms with Crippen LogP contribution in [0.1, 0.15) is 24.5 Å². The van der Waals surface area contributed by atoms with E-state index in [1.165, 1.54) is 11.6 Å². The highest BCUT2D eigenvalue weighted by Gasteiger charge is 2.38. The van der Waals surface area contributed by atoms with Gasteiger partial charge in [-0.15, -0.1) is 0 Å². The van der Waals surface area contributed by atoms with Gasteiger partial charge in [-0.05, 0) is 42.3 Å². The maximum absolute atomic E-state index is 13.0. The fourth-order valence-corrected chi connectivity index (χ4v) is 4.36. The first-order valence-electron chi connectivity index (χ1n) is 10.9. The predicted molar refractivity (Wildman–Crippen MR) is 117 cm³/mol. The molecule has 170 valence electrons. The lowest BCUT2D eigenvalue weighted by Gasteiger charge is -2.37. The van der Waals surface area contributed by atoms with E-state index in [1.807, 2.05) is 29.2 Å². The molecule has 0 radical (unpaired) electrons. The summed E-state index contributed by atoms with van der Waals surface area (Å²) >= 11 is 0. The molecule has 2 heterocycles. The number of halogens is 3. The van der Waals surface area contributed by atoms with Crippen LogP contribution in [0.25, 0.3) is 0 Å². The maximum atomic E-state index is 13.0. The number of anilines is 2. The van der Waals surface area contributed by atoms with Crippen molar-refractivity contribution in [1.82, 2.24) is 4.90 Å². The molecule has 0 aromatic heterocycles. The molecule has 5 nitrogen and oxygen atoms in total. The normalized spacial score (nSPS) is 19.6. The SMILES string of the molecule is CCc1ccc(N2C[C@@H](C(=O)N3CCN(c4cccc(C(F)(F)F)c4)CC3)CC2=O)cc1. The zero-order chi connectivity index (χ0) is 22.9. The number of amides is 2. The number of benzene rings is 2. The lowest BCUT2D eigenvalue weighted by atomic mass is 10.1. The van der Waals surface area contributed by atoms with Crippen LogP contribution in [0.2, 0.25) is 0 Å². The van der Waals surface area contributed by atoms with E-state index in [4.69, 9.17) is 0 Å². The number of carbonyl (C=O) groups is 2. The second kappa shape index (κ2) is 8.84. The van der Waals surface area contributed by atoms with Crippen LogP contribution in [0.5, 0.6) is 0 Å². The molecular weight excluding hydrogens is 419 g/mol. The summed E-state index contributed by atoms with van der Waals surface area (Å²) in [7, 11) is 0. The molecular formula is C24H26F3N3O2. The van der Waals surface area contributed by atoms with Gasteiger partial charge in [0.15, 0.2) is 0 Å². The minimum Gasteiger partial charge on any atom is -0.368 e. The minimum absolute atomic E-state index is 0.0600. The van der Waals surface area contributed by atoms with Crippen LogP contribution in [0, 0.1) is 5.92 Å². The molecule has 0 N–H and O–H groups in total.